The third-order valence-corrected chi connectivity index (χ3v) is 13.0. The van der Waals surface area contributed by atoms with Gasteiger partial charge in [0, 0.05) is 16.7 Å². The molecule has 0 N–H and O–H groups in total. The highest BCUT2D eigenvalue weighted by Crippen LogP contribution is 2.59. The fourth-order valence-electron chi connectivity index (χ4n) is 10.1. The van der Waals surface area contributed by atoms with Crippen LogP contribution in [0.1, 0.15) is 22.3 Å². The molecule has 0 aliphatic heterocycles. The van der Waals surface area contributed by atoms with E-state index < -0.39 is 5.41 Å². The summed E-state index contributed by atoms with van der Waals surface area (Å²) in [6.07, 6.45) is 0. The maximum atomic E-state index is 5.32. The van der Waals surface area contributed by atoms with Crippen LogP contribution in [0.25, 0.3) is 88.8 Å². The molecule has 0 atom stereocenters. The molecule has 0 spiro atoms. The number of fused-ring (bicyclic) bond motifs is 5. The van der Waals surface area contributed by atoms with E-state index in [0.717, 1.165) is 33.5 Å². The van der Waals surface area contributed by atoms with Gasteiger partial charge < -0.3 is 0 Å². The smallest absolute Gasteiger partial charge is 0.160 e. The second-order valence-electron chi connectivity index (χ2n) is 16.4. The topological polar surface area (TPSA) is 25.8 Å². The van der Waals surface area contributed by atoms with Crippen LogP contribution in [0.5, 0.6) is 0 Å². The van der Waals surface area contributed by atoms with Crippen LogP contribution in [0, 0.1) is 0 Å². The Morgan fingerprint density at radius 3 is 1.54 bits per heavy atom. The van der Waals surface area contributed by atoms with Crippen molar-refractivity contribution < 1.29 is 0 Å². The number of hydrogen-bond acceptors (Lipinski definition) is 2. The lowest BCUT2D eigenvalue weighted by atomic mass is 9.66. The lowest BCUT2D eigenvalue weighted by Gasteiger charge is -2.35. The molecule has 11 aromatic rings. The molecule has 63 heavy (non-hydrogen) atoms. The highest BCUT2D eigenvalue weighted by atomic mass is 14.9. The third-order valence-electron chi connectivity index (χ3n) is 13.0. The summed E-state index contributed by atoms with van der Waals surface area (Å²) in [4.78, 5) is 10.5. The first-order chi connectivity index (χ1) is 31.2. The van der Waals surface area contributed by atoms with Crippen LogP contribution in [-0.4, -0.2) is 9.97 Å². The molecule has 0 amide bonds. The lowest BCUT2D eigenvalue weighted by molar-refractivity contribution is 0.770. The van der Waals surface area contributed by atoms with E-state index in [9.17, 15) is 0 Å². The van der Waals surface area contributed by atoms with Crippen LogP contribution in [0.15, 0.2) is 243 Å². The van der Waals surface area contributed by atoms with E-state index in [1.165, 1.54) is 71.8 Å². The molecule has 2 nitrogen and oxygen atoms in total. The van der Waals surface area contributed by atoms with Crippen molar-refractivity contribution in [2.75, 3.05) is 0 Å². The predicted octanol–water partition coefficient (Wildman–Crippen LogP) is 15.5. The van der Waals surface area contributed by atoms with Crippen LogP contribution in [0.4, 0.5) is 0 Å². The van der Waals surface area contributed by atoms with E-state index >= 15 is 0 Å². The molecule has 1 heterocycles. The quantitative estimate of drug-likeness (QED) is 0.160. The Hall–Kier alpha value is -8.20. The van der Waals surface area contributed by atoms with Gasteiger partial charge in [-0.15, -0.1) is 0 Å². The van der Waals surface area contributed by atoms with E-state index in [0.29, 0.717) is 5.82 Å². The number of hydrogen-bond donors (Lipinski definition) is 0. The van der Waals surface area contributed by atoms with Crippen molar-refractivity contribution in [1.82, 2.24) is 9.97 Å². The van der Waals surface area contributed by atoms with Crippen molar-refractivity contribution in [2.45, 2.75) is 5.41 Å². The lowest BCUT2D eigenvalue weighted by Crippen LogP contribution is -2.29. The molecule has 0 saturated heterocycles. The first-order valence-corrected chi connectivity index (χ1v) is 21.6. The molecule has 2 heteroatoms. The Morgan fingerprint density at radius 2 is 0.810 bits per heavy atom. The molecule has 1 aliphatic carbocycles. The van der Waals surface area contributed by atoms with Crippen LogP contribution >= 0.6 is 0 Å². The van der Waals surface area contributed by atoms with Crippen molar-refractivity contribution in [3.63, 3.8) is 0 Å². The zero-order valence-electron chi connectivity index (χ0n) is 34.5. The molecule has 0 bridgehead atoms. The largest absolute Gasteiger partial charge is 0.228 e. The van der Waals surface area contributed by atoms with E-state index in [-0.39, 0.29) is 0 Å². The summed E-state index contributed by atoms with van der Waals surface area (Å²) in [6, 6.07) is 87.8. The van der Waals surface area contributed by atoms with Crippen LogP contribution in [-0.2, 0) is 5.41 Å². The van der Waals surface area contributed by atoms with Gasteiger partial charge in [0.2, 0.25) is 0 Å². The minimum Gasteiger partial charge on any atom is -0.228 e. The average Bonchev–Trinajstić information content (AvgIpc) is 3.68. The molecule has 1 aliphatic rings. The van der Waals surface area contributed by atoms with Gasteiger partial charge in [0.1, 0.15) is 0 Å². The Morgan fingerprint density at radius 1 is 0.286 bits per heavy atom. The minimum absolute atomic E-state index is 0.527. The maximum absolute atomic E-state index is 5.32. The standard InChI is InChI=1S/C61H40N2/c1-4-18-44(19-5-1)60-62-57(43-34-31-42(32-35-43)46-36-33-41-17-10-11-20-45(41)39-46)40-58(63-60)53-38-37-51(49-25-12-13-26-50(49)53)54-28-16-29-55-52-27-14-15-30-56(52)61(59(54)55,47-21-6-2-7-22-47)48-23-8-3-9-24-48/h1-40H. The Balaban J connectivity index is 1.04. The summed E-state index contributed by atoms with van der Waals surface area (Å²) in [7, 11) is 0. The summed E-state index contributed by atoms with van der Waals surface area (Å²) in [6.45, 7) is 0. The summed E-state index contributed by atoms with van der Waals surface area (Å²) >= 11 is 0. The van der Waals surface area contributed by atoms with Gasteiger partial charge >= 0.3 is 0 Å². The molecule has 0 saturated carbocycles. The minimum atomic E-state index is -0.527. The number of nitrogens with zero attached hydrogens (tertiary/aromatic N) is 2. The van der Waals surface area contributed by atoms with Crippen molar-refractivity contribution in [3.05, 3.63) is 265 Å². The molecule has 0 radical (unpaired) electrons. The van der Waals surface area contributed by atoms with Crippen molar-refractivity contribution >= 4 is 21.5 Å². The summed E-state index contributed by atoms with van der Waals surface area (Å²) in [5, 5.41) is 4.80. The van der Waals surface area contributed by atoms with Gasteiger partial charge in [-0.3, -0.25) is 0 Å². The first-order valence-electron chi connectivity index (χ1n) is 21.6. The summed E-state index contributed by atoms with van der Waals surface area (Å²) < 4.78 is 0. The summed E-state index contributed by atoms with van der Waals surface area (Å²) in [5.74, 6) is 0.698. The van der Waals surface area contributed by atoms with Gasteiger partial charge in [-0.2, -0.15) is 0 Å². The molecular weight excluding hydrogens is 761 g/mol. The van der Waals surface area contributed by atoms with Gasteiger partial charge in [-0.05, 0) is 89.3 Å². The van der Waals surface area contributed by atoms with E-state index in [1.807, 2.05) is 6.07 Å². The van der Waals surface area contributed by atoms with Gasteiger partial charge in [0.15, 0.2) is 5.82 Å². The molecule has 0 fully saturated rings. The Bertz CT molecular complexity index is 3440. The highest BCUT2D eigenvalue weighted by molar-refractivity contribution is 6.07. The van der Waals surface area contributed by atoms with Crippen LogP contribution < -0.4 is 0 Å². The third kappa shape index (κ3) is 6.02. The SMILES string of the molecule is c1ccc(-c2nc(-c3ccc(-c4ccc5ccccc5c4)cc3)cc(-c3ccc(-c4cccc5c4C(c4ccccc4)(c4ccccc4)c4ccccc4-5)c4ccccc34)n2)cc1. The van der Waals surface area contributed by atoms with Gasteiger partial charge in [0.25, 0.3) is 0 Å². The number of benzene rings is 10. The van der Waals surface area contributed by atoms with Crippen molar-refractivity contribution in [3.8, 4) is 67.3 Å². The fraction of sp³-hybridized carbons (Fsp3) is 0.0164. The molecule has 0 unspecified atom stereocenters. The Labute approximate surface area is 367 Å². The second-order valence-corrected chi connectivity index (χ2v) is 16.4. The number of aromatic nitrogens is 2. The average molecular weight is 801 g/mol. The van der Waals surface area contributed by atoms with Crippen LogP contribution in [0.3, 0.4) is 0 Å². The molecule has 10 aromatic carbocycles. The second kappa shape index (κ2) is 15.1. The molecular formula is C61H40N2. The molecule has 1 aromatic heterocycles. The molecule has 294 valence electrons. The van der Waals surface area contributed by atoms with Gasteiger partial charge in [0.05, 0.1) is 16.8 Å². The van der Waals surface area contributed by atoms with E-state index in [4.69, 9.17) is 9.97 Å². The normalized spacial score (nSPS) is 12.6. The van der Waals surface area contributed by atoms with Crippen molar-refractivity contribution in [1.29, 1.82) is 0 Å². The fourth-order valence-corrected chi connectivity index (χ4v) is 10.1. The summed E-state index contributed by atoms with van der Waals surface area (Å²) in [5.41, 5.74) is 16.8. The predicted molar refractivity (Wildman–Crippen MR) is 262 cm³/mol. The van der Waals surface area contributed by atoms with E-state index in [2.05, 4.69) is 237 Å². The zero-order chi connectivity index (χ0) is 41.7. The number of rotatable bonds is 7. The molecule has 12 rings (SSSR count). The van der Waals surface area contributed by atoms with Gasteiger partial charge in [-0.25, -0.2) is 9.97 Å². The zero-order valence-corrected chi connectivity index (χ0v) is 34.5. The van der Waals surface area contributed by atoms with Gasteiger partial charge in [-0.1, -0.05) is 231 Å². The monoisotopic (exact) mass is 800 g/mol. The van der Waals surface area contributed by atoms with E-state index in [1.54, 1.807) is 0 Å². The first kappa shape index (κ1) is 36.6. The maximum Gasteiger partial charge on any atom is 0.160 e. The highest BCUT2D eigenvalue weighted by Gasteiger charge is 2.47. The Kier molecular flexibility index (Phi) is 8.76. The van der Waals surface area contributed by atoms with Crippen molar-refractivity contribution in [2.24, 2.45) is 0 Å². The van der Waals surface area contributed by atoms with Crippen LogP contribution in [0.2, 0.25) is 0 Å².